The molecule has 0 amide bonds. The number of aromatic nitrogens is 4. The highest BCUT2D eigenvalue weighted by Crippen LogP contribution is 2.35. The average Bonchev–Trinajstić information content (AvgIpc) is 3.21. The number of hydrogen-bond acceptors (Lipinski definition) is 12. The molecule has 32 heavy (non-hydrogen) atoms. The molecule has 15 heteroatoms. The third-order valence-electron chi connectivity index (χ3n) is 4.43. The Kier molecular flexibility index (Phi) is 6.32. The van der Waals surface area contributed by atoms with Gasteiger partial charge in [-0.25, -0.2) is 18.4 Å². The summed E-state index contributed by atoms with van der Waals surface area (Å²) in [6, 6.07) is 0. The van der Waals surface area contributed by atoms with Gasteiger partial charge in [-0.05, 0) is 0 Å². The maximum atomic E-state index is 12.5. The second kappa shape index (κ2) is 8.66. The molecule has 2 aromatic heterocycles. The zero-order valence-electron chi connectivity index (χ0n) is 17.5. The molecule has 3 rings (SSSR count). The highest BCUT2D eigenvalue weighted by atomic mass is 32.2. The van der Waals surface area contributed by atoms with E-state index in [0.717, 1.165) is 32.8 Å². The molecule has 0 spiro atoms. The molecular formula is C17H20N4O10S. The molecule has 1 aliphatic rings. The largest absolute Gasteiger partial charge is 0.463 e. The van der Waals surface area contributed by atoms with Crippen molar-refractivity contribution in [2.45, 2.75) is 45.3 Å². The van der Waals surface area contributed by atoms with Crippen molar-refractivity contribution < 1.29 is 41.7 Å². The summed E-state index contributed by atoms with van der Waals surface area (Å²) >= 11 is 0. The summed E-state index contributed by atoms with van der Waals surface area (Å²) < 4.78 is 46.6. The number of carbonyl (C=O) groups excluding carboxylic acids is 3. The van der Waals surface area contributed by atoms with E-state index in [1.165, 1.54) is 11.5 Å². The van der Waals surface area contributed by atoms with Gasteiger partial charge in [0.05, 0.1) is 12.6 Å². The van der Waals surface area contributed by atoms with Crippen LogP contribution in [-0.4, -0.2) is 76.0 Å². The van der Waals surface area contributed by atoms with Crippen LogP contribution in [0.2, 0.25) is 0 Å². The minimum Gasteiger partial charge on any atom is -0.463 e. The predicted octanol–water partition coefficient (Wildman–Crippen LogP) is -1.28. The van der Waals surface area contributed by atoms with E-state index < -0.39 is 58.0 Å². The summed E-state index contributed by atoms with van der Waals surface area (Å²) in [5, 5.41) is 0. The number of hydrogen-bond donors (Lipinski definition) is 0. The summed E-state index contributed by atoms with van der Waals surface area (Å²) in [5.41, 5.74) is -1.28. The van der Waals surface area contributed by atoms with Crippen LogP contribution in [0.15, 0.2) is 17.4 Å². The molecule has 14 nitrogen and oxygen atoms in total. The van der Waals surface area contributed by atoms with E-state index in [-0.39, 0.29) is 17.8 Å². The lowest BCUT2D eigenvalue weighted by Gasteiger charge is -2.23. The van der Waals surface area contributed by atoms with Crippen molar-refractivity contribution in [3.63, 3.8) is 0 Å². The van der Waals surface area contributed by atoms with E-state index in [9.17, 15) is 27.6 Å². The molecule has 174 valence electrons. The summed E-state index contributed by atoms with van der Waals surface area (Å²) in [4.78, 5) is 55.0. The van der Waals surface area contributed by atoms with Gasteiger partial charge in [-0.1, -0.05) is 0 Å². The van der Waals surface area contributed by atoms with Gasteiger partial charge in [0.2, 0.25) is 10.0 Å². The van der Waals surface area contributed by atoms with E-state index in [1.54, 1.807) is 0 Å². The van der Waals surface area contributed by atoms with Gasteiger partial charge in [0.15, 0.2) is 29.6 Å². The Bertz CT molecular complexity index is 1230. The molecule has 0 aromatic carbocycles. The van der Waals surface area contributed by atoms with Gasteiger partial charge in [0.1, 0.15) is 19.0 Å². The van der Waals surface area contributed by atoms with Crippen LogP contribution >= 0.6 is 0 Å². The molecule has 4 atom stereocenters. The second-order valence-electron chi connectivity index (χ2n) is 6.95. The minimum atomic E-state index is -3.92. The van der Waals surface area contributed by atoms with Gasteiger partial charge in [0.25, 0.3) is 5.56 Å². The smallest absolute Gasteiger partial charge is 0.303 e. The lowest BCUT2D eigenvalue weighted by Crippen LogP contribution is -2.40. The molecule has 0 N–H and O–H groups in total. The lowest BCUT2D eigenvalue weighted by molar-refractivity contribution is -0.166. The third kappa shape index (κ3) is 4.62. The fourth-order valence-electron chi connectivity index (χ4n) is 3.24. The highest BCUT2D eigenvalue weighted by molar-refractivity contribution is 7.89. The second-order valence-corrected chi connectivity index (χ2v) is 8.81. The maximum Gasteiger partial charge on any atom is 0.303 e. The number of rotatable bonds is 6. The number of fused-ring (bicyclic) bond motifs is 1. The molecule has 0 radical (unpaired) electrons. The van der Waals surface area contributed by atoms with E-state index in [4.69, 9.17) is 18.9 Å². The summed E-state index contributed by atoms with van der Waals surface area (Å²) in [5.74, 6) is -2.03. The normalized spacial score (nSPS) is 23.1. The highest BCUT2D eigenvalue weighted by Gasteiger charge is 2.51. The van der Waals surface area contributed by atoms with Gasteiger partial charge in [-0.2, -0.15) is 3.97 Å². The third-order valence-corrected chi connectivity index (χ3v) is 5.40. The molecule has 0 saturated carbocycles. The first-order chi connectivity index (χ1) is 14.9. The van der Waals surface area contributed by atoms with Crippen molar-refractivity contribution in [1.82, 2.24) is 18.5 Å². The number of carbonyl (C=O) groups is 3. The minimum absolute atomic E-state index is 0.0632. The van der Waals surface area contributed by atoms with Crippen LogP contribution in [0.4, 0.5) is 0 Å². The molecule has 1 aliphatic heterocycles. The summed E-state index contributed by atoms with van der Waals surface area (Å²) in [7, 11) is -3.92. The van der Waals surface area contributed by atoms with E-state index in [0.29, 0.717) is 3.97 Å². The zero-order chi connectivity index (χ0) is 23.8. The van der Waals surface area contributed by atoms with Crippen molar-refractivity contribution in [2.75, 3.05) is 12.9 Å². The quantitative estimate of drug-likeness (QED) is 0.360. The standard InChI is InChI=1S/C17H20N4O10S/c1-8(22)28-5-11-13(29-9(2)23)14(30-10(3)24)17(31-11)20-6-18-12-15(20)19-7-21(16(12)25)32(4,26)27/h6-7,11,13-14,17H,5H2,1-4H3/t11-,13-,14-,17-/m1/s1. The van der Waals surface area contributed by atoms with Crippen LogP contribution in [0.1, 0.15) is 27.0 Å². The maximum absolute atomic E-state index is 12.5. The molecule has 0 aliphatic carbocycles. The first kappa shape index (κ1) is 23.3. The molecule has 0 unspecified atom stereocenters. The molecular weight excluding hydrogens is 452 g/mol. The first-order valence-electron chi connectivity index (χ1n) is 9.18. The van der Waals surface area contributed by atoms with Crippen molar-refractivity contribution in [1.29, 1.82) is 0 Å². The van der Waals surface area contributed by atoms with Crippen LogP contribution < -0.4 is 5.56 Å². The van der Waals surface area contributed by atoms with Gasteiger partial charge in [-0.15, -0.1) is 0 Å². The topological polar surface area (TPSA) is 175 Å². The van der Waals surface area contributed by atoms with Crippen LogP contribution in [0.3, 0.4) is 0 Å². The van der Waals surface area contributed by atoms with Gasteiger partial charge < -0.3 is 18.9 Å². The van der Waals surface area contributed by atoms with Gasteiger partial charge in [0, 0.05) is 20.8 Å². The number of ether oxygens (including phenoxy) is 4. The fraction of sp³-hybridized carbons (Fsp3) is 0.529. The number of nitrogens with zero attached hydrogens (tertiary/aromatic N) is 4. The Morgan fingerprint density at radius 3 is 2.22 bits per heavy atom. The number of esters is 3. The molecule has 1 saturated heterocycles. The molecule has 2 aromatic rings. The van der Waals surface area contributed by atoms with Crippen LogP contribution in [-0.2, 0) is 43.4 Å². The van der Waals surface area contributed by atoms with Gasteiger partial charge in [-0.3, -0.25) is 23.7 Å². The Morgan fingerprint density at radius 2 is 1.66 bits per heavy atom. The van der Waals surface area contributed by atoms with Crippen molar-refractivity contribution >= 4 is 39.1 Å². The van der Waals surface area contributed by atoms with Crippen molar-refractivity contribution in [3.8, 4) is 0 Å². The van der Waals surface area contributed by atoms with E-state index in [2.05, 4.69) is 9.97 Å². The Hall–Kier alpha value is -3.33. The predicted molar refractivity (Wildman–Crippen MR) is 104 cm³/mol. The lowest BCUT2D eigenvalue weighted by atomic mass is 10.1. The monoisotopic (exact) mass is 472 g/mol. The zero-order valence-corrected chi connectivity index (χ0v) is 18.3. The van der Waals surface area contributed by atoms with Gasteiger partial charge >= 0.3 is 17.9 Å². The van der Waals surface area contributed by atoms with Crippen LogP contribution in [0.5, 0.6) is 0 Å². The summed E-state index contributed by atoms with van der Waals surface area (Å²) in [6.45, 7) is 3.14. The van der Waals surface area contributed by atoms with Crippen molar-refractivity contribution in [3.05, 3.63) is 23.0 Å². The van der Waals surface area contributed by atoms with E-state index in [1.807, 2.05) is 0 Å². The van der Waals surface area contributed by atoms with Crippen LogP contribution in [0.25, 0.3) is 11.2 Å². The summed E-state index contributed by atoms with van der Waals surface area (Å²) in [6.07, 6.45) is -1.79. The SMILES string of the molecule is CC(=O)OC[C@H]1O[C@@H](n2cnc3c(=O)n(S(C)(=O)=O)cnc32)[C@H](OC(C)=O)[C@@H]1OC(C)=O. The van der Waals surface area contributed by atoms with E-state index >= 15 is 0 Å². The number of imidazole rings is 1. The molecule has 1 fully saturated rings. The van der Waals surface area contributed by atoms with Crippen LogP contribution in [0, 0.1) is 0 Å². The molecule has 3 heterocycles. The Morgan fingerprint density at radius 1 is 1.03 bits per heavy atom. The molecule has 0 bridgehead atoms. The van der Waals surface area contributed by atoms with Crippen molar-refractivity contribution in [2.24, 2.45) is 0 Å². The first-order valence-corrected chi connectivity index (χ1v) is 11.0. The Labute approximate surface area is 181 Å². The fourth-order valence-corrected chi connectivity index (χ4v) is 3.84. The average molecular weight is 472 g/mol. The Balaban J connectivity index is 2.09.